The fourth-order valence-electron chi connectivity index (χ4n) is 1.57. The van der Waals surface area contributed by atoms with E-state index >= 15 is 0 Å². The average Bonchev–Trinajstić information content (AvgIpc) is 2.20. The van der Waals surface area contributed by atoms with Gasteiger partial charge in [0.05, 0.1) is 6.54 Å². The normalized spacial score (nSPS) is 18.8. The van der Waals surface area contributed by atoms with Crippen LogP contribution in [0, 0.1) is 0 Å². The van der Waals surface area contributed by atoms with Crippen LogP contribution in [0.1, 0.15) is 13.8 Å². The highest BCUT2D eigenvalue weighted by atomic mass is 16.2. The van der Waals surface area contributed by atoms with Gasteiger partial charge in [-0.2, -0.15) is 0 Å². The molecule has 4 heteroatoms. The monoisotopic (exact) mass is 210 g/mol. The molecular formula is C11H18N2O2. The highest BCUT2D eigenvalue weighted by Crippen LogP contribution is 2.02. The first-order valence-corrected chi connectivity index (χ1v) is 5.30. The van der Waals surface area contributed by atoms with Gasteiger partial charge in [0, 0.05) is 19.6 Å². The van der Waals surface area contributed by atoms with E-state index in [0.717, 1.165) is 19.6 Å². The zero-order valence-electron chi connectivity index (χ0n) is 9.40. The Kier molecular flexibility index (Phi) is 4.49. The third kappa shape index (κ3) is 3.83. The topological polar surface area (TPSA) is 40.6 Å². The minimum absolute atomic E-state index is 0.0228. The molecule has 0 spiro atoms. The number of amides is 1. The maximum Gasteiger partial charge on any atom is 0.237 e. The third-order valence-electron chi connectivity index (χ3n) is 2.52. The summed E-state index contributed by atoms with van der Waals surface area (Å²) in [4.78, 5) is 26.2. The molecule has 0 aromatic carbocycles. The molecule has 84 valence electrons. The maximum atomic E-state index is 11.6. The lowest BCUT2D eigenvalue weighted by atomic mass is 10.3. The predicted molar refractivity (Wildman–Crippen MR) is 58.5 cm³/mol. The Morgan fingerprint density at radius 1 is 1.47 bits per heavy atom. The van der Waals surface area contributed by atoms with Gasteiger partial charge < -0.3 is 4.90 Å². The highest BCUT2D eigenvalue weighted by Gasteiger charge is 2.21. The maximum absolute atomic E-state index is 11.6. The summed E-state index contributed by atoms with van der Waals surface area (Å²) >= 11 is 0. The Balaban J connectivity index is 2.38. The second-order valence-electron chi connectivity index (χ2n) is 3.72. The molecule has 0 aromatic heterocycles. The molecule has 15 heavy (non-hydrogen) atoms. The van der Waals surface area contributed by atoms with Crippen LogP contribution in [0.5, 0.6) is 0 Å². The number of rotatable bonds is 4. The molecule has 1 amide bonds. The van der Waals surface area contributed by atoms with Crippen molar-refractivity contribution >= 4 is 11.7 Å². The van der Waals surface area contributed by atoms with Crippen molar-refractivity contribution in [1.29, 1.82) is 0 Å². The van der Waals surface area contributed by atoms with Gasteiger partial charge in [0.15, 0.2) is 5.78 Å². The number of carbonyl (C=O) groups is 2. The number of allylic oxidation sites excluding steroid dienone is 1. The van der Waals surface area contributed by atoms with E-state index in [1.165, 1.54) is 13.0 Å². The van der Waals surface area contributed by atoms with Crippen molar-refractivity contribution in [1.82, 2.24) is 9.80 Å². The summed E-state index contributed by atoms with van der Waals surface area (Å²) in [5, 5.41) is 0. The minimum Gasteiger partial charge on any atom is -0.337 e. The summed E-state index contributed by atoms with van der Waals surface area (Å²) in [6.07, 6.45) is 3.27. The van der Waals surface area contributed by atoms with Crippen molar-refractivity contribution in [3.8, 4) is 0 Å². The van der Waals surface area contributed by atoms with Gasteiger partial charge >= 0.3 is 0 Å². The lowest BCUT2D eigenvalue weighted by molar-refractivity contribution is -0.135. The zero-order valence-corrected chi connectivity index (χ0v) is 9.40. The largest absolute Gasteiger partial charge is 0.337 e. The van der Waals surface area contributed by atoms with Crippen LogP contribution >= 0.6 is 0 Å². The minimum atomic E-state index is 0.0228. The summed E-state index contributed by atoms with van der Waals surface area (Å²) in [5.41, 5.74) is 0. The van der Waals surface area contributed by atoms with Gasteiger partial charge in [-0.25, -0.2) is 0 Å². The van der Waals surface area contributed by atoms with E-state index in [2.05, 4.69) is 11.8 Å². The number of hydrogen-bond donors (Lipinski definition) is 0. The second kappa shape index (κ2) is 5.66. The summed E-state index contributed by atoms with van der Waals surface area (Å²) < 4.78 is 0. The molecule has 1 aliphatic heterocycles. The summed E-state index contributed by atoms with van der Waals surface area (Å²) in [6.45, 7) is 7.22. The fourth-order valence-corrected chi connectivity index (χ4v) is 1.57. The van der Waals surface area contributed by atoms with Crippen LogP contribution in [-0.4, -0.2) is 54.2 Å². The van der Waals surface area contributed by atoms with Crippen LogP contribution < -0.4 is 0 Å². The first kappa shape index (κ1) is 11.9. The molecule has 0 N–H and O–H groups in total. The van der Waals surface area contributed by atoms with Crippen LogP contribution in [0.2, 0.25) is 0 Å². The zero-order chi connectivity index (χ0) is 11.3. The van der Waals surface area contributed by atoms with Crippen molar-refractivity contribution in [3.05, 3.63) is 12.2 Å². The van der Waals surface area contributed by atoms with Crippen LogP contribution in [-0.2, 0) is 9.59 Å². The van der Waals surface area contributed by atoms with E-state index in [0.29, 0.717) is 13.1 Å². The first-order chi connectivity index (χ1) is 7.13. The molecule has 1 aliphatic rings. The standard InChI is InChI=1S/C11H18N2O2/c1-3-12-7-8-13(11(15)9-12)6-4-5-10(2)14/h4-5H,3,6-9H2,1-2H3/b5-4+. The van der Waals surface area contributed by atoms with E-state index in [4.69, 9.17) is 0 Å². The van der Waals surface area contributed by atoms with Gasteiger partial charge in [0.25, 0.3) is 0 Å². The van der Waals surface area contributed by atoms with Crippen molar-refractivity contribution in [2.75, 3.05) is 32.7 Å². The predicted octanol–water partition coefficient (Wildman–Crippen LogP) is 0.296. The molecule has 4 nitrogen and oxygen atoms in total. The lowest BCUT2D eigenvalue weighted by Gasteiger charge is -2.32. The van der Waals surface area contributed by atoms with Crippen LogP contribution in [0.25, 0.3) is 0 Å². The van der Waals surface area contributed by atoms with Crippen molar-refractivity contribution in [2.45, 2.75) is 13.8 Å². The smallest absolute Gasteiger partial charge is 0.237 e. The van der Waals surface area contributed by atoms with Gasteiger partial charge in [-0.3, -0.25) is 14.5 Å². The van der Waals surface area contributed by atoms with E-state index in [1.54, 1.807) is 11.0 Å². The van der Waals surface area contributed by atoms with Crippen LogP contribution in [0.4, 0.5) is 0 Å². The van der Waals surface area contributed by atoms with Crippen molar-refractivity contribution < 1.29 is 9.59 Å². The van der Waals surface area contributed by atoms with Gasteiger partial charge in [-0.1, -0.05) is 13.0 Å². The SMILES string of the molecule is CCN1CCN(C/C=C/C(C)=O)C(=O)C1. The number of ketones is 1. The van der Waals surface area contributed by atoms with Crippen molar-refractivity contribution in [2.24, 2.45) is 0 Å². The Bertz CT molecular complexity index is 274. The molecule has 1 rings (SSSR count). The van der Waals surface area contributed by atoms with E-state index in [1.807, 2.05) is 0 Å². The lowest BCUT2D eigenvalue weighted by Crippen LogP contribution is -2.50. The third-order valence-corrected chi connectivity index (χ3v) is 2.52. The summed E-state index contributed by atoms with van der Waals surface area (Å²) in [6, 6.07) is 0. The molecule has 0 unspecified atom stereocenters. The van der Waals surface area contributed by atoms with Crippen LogP contribution in [0.15, 0.2) is 12.2 Å². The molecule has 0 saturated carbocycles. The van der Waals surface area contributed by atoms with Gasteiger partial charge in [0.2, 0.25) is 5.91 Å². The van der Waals surface area contributed by atoms with E-state index in [-0.39, 0.29) is 11.7 Å². The molecule has 0 aliphatic carbocycles. The Labute approximate surface area is 90.5 Å². The van der Waals surface area contributed by atoms with Gasteiger partial charge in [0.1, 0.15) is 0 Å². The summed E-state index contributed by atoms with van der Waals surface area (Å²) in [7, 11) is 0. The molecule has 1 fully saturated rings. The van der Waals surface area contributed by atoms with Crippen LogP contribution in [0.3, 0.4) is 0 Å². The van der Waals surface area contributed by atoms with Gasteiger partial charge in [-0.05, 0) is 19.5 Å². The second-order valence-corrected chi connectivity index (χ2v) is 3.72. The highest BCUT2D eigenvalue weighted by molar-refractivity contribution is 5.87. The fraction of sp³-hybridized carbons (Fsp3) is 0.636. The quantitative estimate of drug-likeness (QED) is 0.626. The Hall–Kier alpha value is -1.16. The number of nitrogens with zero attached hydrogens (tertiary/aromatic N) is 2. The number of hydrogen-bond acceptors (Lipinski definition) is 3. The van der Waals surface area contributed by atoms with Crippen molar-refractivity contribution in [3.63, 3.8) is 0 Å². The molecule has 1 heterocycles. The Morgan fingerprint density at radius 2 is 2.20 bits per heavy atom. The average molecular weight is 210 g/mol. The first-order valence-electron chi connectivity index (χ1n) is 5.30. The number of piperazine rings is 1. The molecule has 0 aromatic rings. The van der Waals surface area contributed by atoms with E-state index < -0.39 is 0 Å². The summed E-state index contributed by atoms with van der Waals surface area (Å²) in [5.74, 6) is 0.172. The molecule has 0 bridgehead atoms. The Morgan fingerprint density at radius 3 is 2.73 bits per heavy atom. The van der Waals surface area contributed by atoms with Gasteiger partial charge in [-0.15, -0.1) is 0 Å². The molecule has 0 radical (unpaired) electrons. The number of likely N-dealkylation sites (N-methyl/N-ethyl adjacent to an activating group) is 1. The number of carbonyl (C=O) groups excluding carboxylic acids is 2. The molecule has 0 atom stereocenters. The van der Waals surface area contributed by atoms with E-state index in [9.17, 15) is 9.59 Å². The molecular weight excluding hydrogens is 192 g/mol. The molecule has 1 saturated heterocycles.